The molecule has 1 atom stereocenters. The van der Waals surface area contributed by atoms with Crippen molar-refractivity contribution in [3.8, 4) is 0 Å². The van der Waals surface area contributed by atoms with Gasteiger partial charge in [-0.25, -0.2) is 9.78 Å². The number of amides is 1. The Balaban J connectivity index is 1.93. The maximum Gasteiger partial charge on any atom is 0.413 e. The Hall–Kier alpha value is -1.14. The van der Waals surface area contributed by atoms with Crippen molar-refractivity contribution in [2.24, 2.45) is 0 Å². The summed E-state index contributed by atoms with van der Waals surface area (Å²) in [6, 6.07) is 0.535. The molecule has 6 heteroatoms. The van der Waals surface area contributed by atoms with Crippen LogP contribution in [0.2, 0.25) is 0 Å². The van der Waals surface area contributed by atoms with Crippen molar-refractivity contribution >= 4 is 22.6 Å². The lowest BCUT2D eigenvalue weighted by Crippen LogP contribution is -2.34. The minimum Gasteiger partial charge on any atom is -0.444 e. The molecule has 1 unspecified atom stereocenters. The van der Waals surface area contributed by atoms with Crippen LogP contribution in [-0.2, 0) is 17.6 Å². The van der Waals surface area contributed by atoms with E-state index in [0.29, 0.717) is 11.2 Å². The Morgan fingerprint density at radius 3 is 2.90 bits per heavy atom. The first-order valence-electron chi connectivity index (χ1n) is 7.59. The lowest BCUT2D eigenvalue weighted by atomic mass is 9.98. The minimum absolute atomic E-state index is 0.436. The molecule has 0 aliphatic heterocycles. The summed E-state index contributed by atoms with van der Waals surface area (Å²) < 4.78 is 5.25. The Morgan fingerprint density at radius 2 is 2.24 bits per heavy atom. The molecule has 1 heterocycles. The predicted molar refractivity (Wildman–Crippen MR) is 86.1 cm³/mol. The summed E-state index contributed by atoms with van der Waals surface area (Å²) in [5.41, 5.74) is 0.636. The van der Waals surface area contributed by atoms with Gasteiger partial charge < -0.3 is 10.1 Å². The lowest BCUT2D eigenvalue weighted by molar-refractivity contribution is 0.0636. The van der Waals surface area contributed by atoms with E-state index in [-0.39, 0.29) is 0 Å². The van der Waals surface area contributed by atoms with E-state index in [4.69, 9.17) is 4.74 Å². The van der Waals surface area contributed by atoms with E-state index in [1.54, 1.807) is 11.3 Å². The number of hydrogen-bond donors (Lipinski definition) is 2. The molecule has 0 radical (unpaired) electrons. The molecule has 0 saturated heterocycles. The number of anilines is 1. The summed E-state index contributed by atoms with van der Waals surface area (Å²) in [4.78, 5) is 17.6. The fourth-order valence-corrected chi connectivity index (χ4v) is 3.42. The summed E-state index contributed by atoms with van der Waals surface area (Å²) >= 11 is 1.56. The number of carbonyl (C=O) groups is 1. The first-order chi connectivity index (χ1) is 9.87. The van der Waals surface area contributed by atoms with Gasteiger partial charge in [-0.15, -0.1) is 11.3 Å². The molecule has 0 spiro atoms. The van der Waals surface area contributed by atoms with Crippen molar-refractivity contribution in [3.63, 3.8) is 0 Å². The highest BCUT2D eigenvalue weighted by Crippen LogP contribution is 2.30. The van der Waals surface area contributed by atoms with Crippen LogP contribution < -0.4 is 10.6 Å². The Morgan fingerprint density at radius 1 is 1.48 bits per heavy atom. The summed E-state index contributed by atoms with van der Waals surface area (Å²) in [5, 5.41) is 6.94. The van der Waals surface area contributed by atoms with E-state index in [9.17, 15) is 4.79 Å². The first kappa shape index (κ1) is 16.2. The summed E-state index contributed by atoms with van der Waals surface area (Å²) in [5.74, 6) is 0. The highest BCUT2D eigenvalue weighted by Gasteiger charge is 2.23. The maximum absolute atomic E-state index is 11.8. The topological polar surface area (TPSA) is 63.2 Å². The van der Waals surface area contributed by atoms with Gasteiger partial charge >= 0.3 is 6.09 Å². The van der Waals surface area contributed by atoms with Crippen molar-refractivity contribution in [1.82, 2.24) is 10.3 Å². The van der Waals surface area contributed by atoms with E-state index in [1.807, 2.05) is 20.8 Å². The number of aromatic nitrogens is 1. The standard InChI is InChI=1S/C15H25N3O2S/c1-5-8-16-10-6-7-11-12(9-10)21-13(17-11)18-14(19)20-15(2,3)4/h10,16H,5-9H2,1-4H3,(H,17,18,19). The van der Waals surface area contributed by atoms with Gasteiger partial charge in [-0.3, -0.25) is 5.32 Å². The molecule has 2 N–H and O–H groups in total. The third-order valence-corrected chi connectivity index (χ3v) is 4.27. The molecule has 0 saturated carbocycles. The zero-order valence-corrected chi connectivity index (χ0v) is 14.1. The molecule has 1 amide bonds. The number of ether oxygens (including phenoxy) is 1. The average molecular weight is 311 g/mol. The van der Waals surface area contributed by atoms with Crippen LogP contribution >= 0.6 is 11.3 Å². The SMILES string of the molecule is CCCNC1CCc2nc(NC(=O)OC(C)(C)C)sc2C1. The minimum atomic E-state index is -0.490. The normalized spacial score (nSPS) is 18.2. The van der Waals surface area contributed by atoms with Crippen molar-refractivity contribution in [1.29, 1.82) is 0 Å². The zero-order valence-electron chi connectivity index (χ0n) is 13.3. The molecule has 118 valence electrons. The van der Waals surface area contributed by atoms with Crippen LogP contribution in [-0.4, -0.2) is 29.3 Å². The molecule has 0 fully saturated rings. The fraction of sp³-hybridized carbons (Fsp3) is 0.733. The van der Waals surface area contributed by atoms with Crippen LogP contribution in [0.4, 0.5) is 9.93 Å². The number of thiazole rings is 1. The third kappa shape index (κ3) is 4.97. The van der Waals surface area contributed by atoms with E-state index < -0.39 is 11.7 Å². The monoisotopic (exact) mass is 311 g/mol. The quantitative estimate of drug-likeness (QED) is 0.895. The van der Waals surface area contributed by atoms with Crippen LogP contribution in [0.15, 0.2) is 0 Å². The third-order valence-electron chi connectivity index (χ3n) is 3.23. The van der Waals surface area contributed by atoms with E-state index in [2.05, 4.69) is 22.5 Å². The number of fused-ring (bicyclic) bond motifs is 1. The van der Waals surface area contributed by atoms with Gasteiger partial charge in [0.15, 0.2) is 5.13 Å². The summed E-state index contributed by atoms with van der Waals surface area (Å²) in [6.45, 7) is 8.79. The molecule has 1 aliphatic carbocycles. The highest BCUT2D eigenvalue weighted by atomic mass is 32.1. The summed E-state index contributed by atoms with van der Waals surface area (Å²) in [7, 11) is 0. The van der Waals surface area contributed by atoms with Gasteiger partial charge in [0.25, 0.3) is 0 Å². The molecular formula is C15H25N3O2S. The van der Waals surface area contributed by atoms with Crippen molar-refractivity contribution in [2.45, 2.75) is 65.0 Å². The second-order valence-corrected chi connectivity index (χ2v) is 7.49. The Labute approximate surface area is 130 Å². The van der Waals surface area contributed by atoms with Crippen LogP contribution in [0.3, 0.4) is 0 Å². The number of carbonyl (C=O) groups excluding carboxylic acids is 1. The van der Waals surface area contributed by atoms with Crippen molar-refractivity contribution in [3.05, 3.63) is 10.6 Å². The van der Waals surface area contributed by atoms with Crippen LogP contribution in [0.25, 0.3) is 0 Å². The van der Waals surface area contributed by atoms with Crippen molar-refractivity contribution in [2.75, 3.05) is 11.9 Å². The van der Waals surface area contributed by atoms with Gasteiger partial charge in [0, 0.05) is 10.9 Å². The molecular weight excluding hydrogens is 286 g/mol. The molecule has 0 bridgehead atoms. The molecule has 0 aromatic carbocycles. The fourth-order valence-electron chi connectivity index (χ4n) is 2.34. The summed E-state index contributed by atoms with van der Waals surface area (Å²) in [6.07, 6.45) is 3.81. The highest BCUT2D eigenvalue weighted by molar-refractivity contribution is 7.15. The van der Waals surface area contributed by atoms with Gasteiger partial charge in [-0.1, -0.05) is 6.92 Å². The van der Waals surface area contributed by atoms with Gasteiger partial charge in [-0.05, 0) is 53.0 Å². The van der Waals surface area contributed by atoms with E-state index in [0.717, 1.165) is 37.9 Å². The molecule has 5 nitrogen and oxygen atoms in total. The number of hydrogen-bond acceptors (Lipinski definition) is 5. The van der Waals surface area contributed by atoms with Crippen LogP contribution in [0.1, 0.15) is 51.1 Å². The number of aryl methyl sites for hydroxylation is 1. The second-order valence-electron chi connectivity index (χ2n) is 6.41. The molecule has 1 aliphatic rings. The van der Waals surface area contributed by atoms with E-state index >= 15 is 0 Å². The van der Waals surface area contributed by atoms with Gasteiger partial charge in [-0.2, -0.15) is 0 Å². The van der Waals surface area contributed by atoms with E-state index in [1.165, 1.54) is 4.88 Å². The maximum atomic E-state index is 11.8. The zero-order chi connectivity index (χ0) is 15.5. The van der Waals surface area contributed by atoms with Gasteiger partial charge in [0.1, 0.15) is 5.60 Å². The number of rotatable bonds is 4. The smallest absolute Gasteiger partial charge is 0.413 e. The molecule has 1 aromatic rings. The second kappa shape index (κ2) is 6.75. The van der Waals surface area contributed by atoms with Gasteiger partial charge in [0.05, 0.1) is 5.69 Å². The van der Waals surface area contributed by atoms with Crippen molar-refractivity contribution < 1.29 is 9.53 Å². The molecule has 1 aromatic heterocycles. The number of nitrogens with one attached hydrogen (secondary N) is 2. The van der Waals surface area contributed by atoms with Crippen LogP contribution in [0, 0.1) is 0 Å². The molecule has 21 heavy (non-hydrogen) atoms. The predicted octanol–water partition coefficient (Wildman–Crippen LogP) is 3.35. The Kier molecular flexibility index (Phi) is 5.22. The Bertz CT molecular complexity index is 494. The largest absolute Gasteiger partial charge is 0.444 e. The first-order valence-corrected chi connectivity index (χ1v) is 8.41. The average Bonchev–Trinajstić information content (AvgIpc) is 2.74. The van der Waals surface area contributed by atoms with Crippen LogP contribution in [0.5, 0.6) is 0 Å². The van der Waals surface area contributed by atoms with Gasteiger partial charge in [0.2, 0.25) is 0 Å². The molecule has 2 rings (SSSR count). The number of nitrogens with zero attached hydrogens (tertiary/aromatic N) is 1. The lowest BCUT2D eigenvalue weighted by Gasteiger charge is -2.21.